The predicted molar refractivity (Wildman–Crippen MR) is 269 cm³/mol. The van der Waals surface area contributed by atoms with Gasteiger partial charge in [0.25, 0.3) is 0 Å². The Hall–Kier alpha value is -7.47. The van der Waals surface area contributed by atoms with Crippen LogP contribution in [0.25, 0.3) is 44.7 Å². The van der Waals surface area contributed by atoms with Crippen LogP contribution in [0, 0.1) is 3.80 Å². The van der Waals surface area contributed by atoms with Crippen molar-refractivity contribution in [3.05, 3.63) is 234 Å². The molecule has 0 fully saturated rings. The zero-order valence-corrected chi connectivity index (χ0v) is 38.8. The van der Waals surface area contributed by atoms with E-state index in [4.69, 9.17) is 16.6 Å². The van der Waals surface area contributed by atoms with Gasteiger partial charge in [-0.05, 0) is 18.2 Å². The second-order valence-corrected chi connectivity index (χ2v) is 18.2. The van der Waals surface area contributed by atoms with E-state index < -0.39 is 25.1 Å². The van der Waals surface area contributed by atoms with Crippen LogP contribution in [0.4, 0.5) is 22.9 Å². The van der Waals surface area contributed by atoms with E-state index in [0.717, 1.165) is 59.6 Å². The van der Waals surface area contributed by atoms with Crippen LogP contribution in [0.5, 0.6) is 11.6 Å². The monoisotopic (exact) mass is 1040 g/mol. The number of aromatic nitrogens is 3. The third-order valence-corrected chi connectivity index (χ3v) is 13.1. The van der Waals surface area contributed by atoms with E-state index in [1.807, 2.05) is 101 Å². The fourth-order valence-electron chi connectivity index (χ4n) is 9.02. The van der Waals surface area contributed by atoms with Crippen molar-refractivity contribution < 1.29 is 30.9 Å². The molecule has 11 rings (SSSR count). The van der Waals surface area contributed by atoms with Crippen LogP contribution in [0.1, 0.15) is 33.2 Å². The number of para-hydroxylation sites is 6. The van der Waals surface area contributed by atoms with Crippen molar-refractivity contribution in [2.45, 2.75) is 26.2 Å². The van der Waals surface area contributed by atoms with E-state index in [1.165, 1.54) is 5.56 Å². The van der Waals surface area contributed by atoms with E-state index in [1.54, 1.807) is 0 Å². The summed E-state index contributed by atoms with van der Waals surface area (Å²) in [5, 5.41) is 0. The van der Waals surface area contributed by atoms with Gasteiger partial charge in [-0.15, -0.1) is 0 Å². The molecule has 0 atom stereocenters. The van der Waals surface area contributed by atoms with Gasteiger partial charge in [0, 0.05) is 5.69 Å². The van der Waals surface area contributed by atoms with E-state index in [9.17, 15) is 0 Å². The Morgan fingerprint density at radius 3 is 1.83 bits per heavy atom. The summed E-state index contributed by atoms with van der Waals surface area (Å²) in [6.07, 6.45) is 0. The quantitative estimate of drug-likeness (QED) is 0.135. The first-order chi connectivity index (χ1) is 34.4. The van der Waals surface area contributed by atoms with Crippen molar-refractivity contribution in [3.8, 4) is 45.3 Å². The molecule has 0 aliphatic carbocycles. The molecule has 10 aromatic rings. The van der Waals surface area contributed by atoms with Crippen LogP contribution in [0.2, 0.25) is 0 Å². The first-order valence-corrected chi connectivity index (χ1v) is 23.0. The van der Waals surface area contributed by atoms with Crippen molar-refractivity contribution in [3.63, 3.8) is 0 Å². The van der Waals surface area contributed by atoms with Gasteiger partial charge in [-0.1, -0.05) is 60.6 Å². The zero-order valence-electron chi connectivity index (χ0n) is 41.5. The molecule has 8 aromatic carbocycles. The molecule has 0 unspecified atom stereocenters. The maximum absolute atomic E-state index is 9.05. The first kappa shape index (κ1) is 35.8. The molecule has 322 valence electrons. The van der Waals surface area contributed by atoms with Crippen molar-refractivity contribution in [1.82, 2.24) is 14.1 Å². The van der Waals surface area contributed by atoms with Crippen molar-refractivity contribution in [1.29, 1.82) is 0 Å². The van der Waals surface area contributed by atoms with E-state index in [0.29, 0.717) is 23.1 Å². The average Bonchev–Trinajstić information content (AvgIpc) is 3.89. The fourth-order valence-corrected chi connectivity index (χ4v) is 10.1. The Labute approximate surface area is 404 Å². The molecule has 0 bridgehead atoms. The molecule has 2 aromatic heterocycles. The van der Waals surface area contributed by atoms with Crippen molar-refractivity contribution in [2.75, 3.05) is 9.62 Å². The molecule has 0 saturated carbocycles. The minimum Gasteiger partial charge on any atom is -0.0602 e. The molecular weight excluding hydrogens is 989 g/mol. The molecule has 1 aliphatic heterocycles. The summed E-state index contributed by atoms with van der Waals surface area (Å²) in [4.78, 5) is 8.98. The summed E-state index contributed by atoms with van der Waals surface area (Å²) in [5.41, 5.74) is 12.2. The Morgan fingerprint density at radius 2 is 1.14 bits per heavy atom. The summed E-state index contributed by atoms with van der Waals surface area (Å²) < 4.78 is 55.9. The molecule has 0 amide bonds. The summed E-state index contributed by atoms with van der Waals surface area (Å²) in [7, 11) is 0. The molecule has 0 saturated heterocycles. The van der Waals surface area contributed by atoms with Crippen LogP contribution < -0.4 is 19.8 Å². The number of nitrogens with zero attached hydrogens (tertiary/aromatic N) is 5. The van der Waals surface area contributed by atoms with E-state index in [-0.39, 0.29) is 23.2 Å². The van der Waals surface area contributed by atoms with Crippen LogP contribution in [0.3, 0.4) is 0 Å². The number of fused-ring (bicyclic) bond motifs is 2. The van der Waals surface area contributed by atoms with Gasteiger partial charge in [0.05, 0.1) is 6.85 Å². The second kappa shape index (κ2) is 17.2. The number of pyridine rings is 1. The van der Waals surface area contributed by atoms with Gasteiger partial charge < -0.3 is 0 Å². The van der Waals surface area contributed by atoms with Gasteiger partial charge >= 0.3 is 315 Å². The number of anilines is 4. The van der Waals surface area contributed by atoms with Crippen LogP contribution in [-0.2, 0) is 24.8 Å². The zero-order chi connectivity index (χ0) is 49.1. The molecule has 0 N–H and O–H groups in total. The number of ether oxygens (including phenoxy) is 1. The van der Waals surface area contributed by atoms with Crippen LogP contribution in [-0.4, -0.2) is 21.1 Å². The van der Waals surface area contributed by atoms with Gasteiger partial charge in [0.2, 0.25) is 0 Å². The molecule has 0 spiro atoms. The Kier molecular flexibility index (Phi) is 9.31. The third-order valence-electron chi connectivity index (χ3n) is 12.1. The van der Waals surface area contributed by atoms with E-state index >= 15 is 0 Å². The molecule has 0 radical (unpaired) electrons. The van der Waals surface area contributed by atoms with Gasteiger partial charge in [0.1, 0.15) is 0 Å². The maximum atomic E-state index is 9.05. The van der Waals surface area contributed by atoms with Crippen molar-refractivity contribution in [2.24, 2.45) is 0 Å². The second-order valence-electron chi connectivity index (χ2n) is 17.2. The minimum absolute atomic E-state index is 0.0236. The minimum atomic E-state index is -0.672. The molecular formula is C58H46BN5OPt. The van der Waals surface area contributed by atoms with Gasteiger partial charge in [-0.25, -0.2) is 0 Å². The van der Waals surface area contributed by atoms with Crippen molar-refractivity contribution >= 4 is 46.4 Å². The number of benzene rings is 8. The summed E-state index contributed by atoms with van der Waals surface area (Å²) in [5.74, 6) is 1.48. The first-order valence-electron chi connectivity index (χ1n) is 24.4. The summed E-state index contributed by atoms with van der Waals surface area (Å²) in [6.45, 7) is 6.05. The molecule has 66 heavy (non-hydrogen) atoms. The SMILES string of the molecule is [2H]c1c([2H])c([2H])c(N2B(c3ccccc3)N(c3cccc(Oc4cccc(-n5[c](=[Pt])n(-c6c(-c7ccccc7)cccc6-c6ccc(C(C)(C)C)cc6)c6ccccc65)c4)n3)c3ccccc32)c([2H])c1[2H]. The number of hydrogen-bond donors (Lipinski definition) is 0. The normalized spacial score (nSPS) is 13.5. The molecule has 3 heterocycles. The molecule has 6 nitrogen and oxygen atoms in total. The third kappa shape index (κ3) is 7.49. The van der Waals surface area contributed by atoms with Crippen LogP contribution in [0.15, 0.2) is 224 Å². The van der Waals surface area contributed by atoms with E-state index in [2.05, 4.69) is 152 Å². The number of imidazole rings is 1. The number of hydrogen-bond acceptors (Lipinski definition) is 4. The Balaban J connectivity index is 1.01. The number of rotatable bonds is 9. The topological polar surface area (TPSA) is 38.5 Å². The Morgan fingerprint density at radius 1 is 0.545 bits per heavy atom. The Bertz CT molecular complexity index is 3700. The van der Waals surface area contributed by atoms with Gasteiger partial charge in [-0.3, -0.25) is 0 Å². The summed E-state index contributed by atoms with van der Waals surface area (Å²) in [6, 6.07) is 63.8. The van der Waals surface area contributed by atoms with Gasteiger partial charge in [-0.2, -0.15) is 0 Å². The smallest absolute Gasteiger partial charge is 0.0602 e. The average molecular weight is 1040 g/mol. The fraction of sp³-hybridized carbons (Fsp3) is 0.0690. The summed E-state index contributed by atoms with van der Waals surface area (Å²) >= 11 is 2.46. The molecule has 1 aliphatic rings. The van der Waals surface area contributed by atoms with Crippen LogP contribution >= 0.6 is 0 Å². The standard InChI is InChI=1S/C58H46BN5O.Pt/c1-58(2,3)44-38-36-43(37-39-44)50-29-18-28-49(42-20-7-4-8-21-42)57(50)62-41-61(51-30-13-14-31-52(51)62)47-26-17-27-48(40-47)65-56-35-19-34-55(60-56)64-54-33-16-15-32-53(54)63(46-24-11-6-12-25-46)59(64)45-22-9-5-10-23-45;/h4-40H,1-3H3;/i6D,11D,12D,24D,25D;. The molecule has 8 heteroatoms. The predicted octanol–water partition coefficient (Wildman–Crippen LogP) is 14.0. The van der Waals surface area contributed by atoms with Gasteiger partial charge in [0.15, 0.2) is 0 Å².